The van der Waals surface area contributed by atoms with Gasteiger partial charge in [0.2, 0.25) is 0 Å². The molecule has 0 bridgehead atoms. The van der Waals surface area contributed by atoms with Gasteiger partial charge in [-0.25, -0.2) is 0 Å². The molecule has 1 aliphatic rings. The molecule has 22 heavy (non-hydrogen) atoms. The molecule has 0 aliphatic heterocycles. The highest BCUT2D eigenvalue weighted by atomic mass is 14.2. The summed E-state index contributed by atoms with van der Waals surface area (Å²) in [5, 5.41) is 5.59. The highest BCUT2D eigenvalue weighted by Crippen LogP contribution is 2.39. The molecule has 0 unspecified atom stereocenters. The predicted molar refractivity (Wildman–Crippen MR) is 97.3 cm³/mol. The first-order chi connectivity index (χ1) is 10.8. The first-order valence-electron chi connectivity index (χ1n) is 8.42. The Morgan fingerprint density at radius 1 is 0.864 bits per heavy atom. The van der Waals surface area contributed by atoms with Gasteiger partial charge in [-0.2, -0.15) is 0 Å². The molecule has 0 atom stereocenters. The van der Waals surface area contributed by atoms with E-state index in [0.29, 0.717) is 0 Å². The number of rotatable bonds is 1. The number of fused-ring (bicyclic) bond motifs is 5. The minimum atomic E-state index is 1.16. The van der Waals surface area contributed by atoms with Crippen molar-refractivity contribution >= 4 is 27.1 Å². The third-order valence-corrected chi connectivity index (χ3v) is 5.26. The SMILES string of the molecule is CCC(C)=C1CCCc2c1ccc1c2ccc2ccccc21. The van der Waals surface area contributed by atoms with Crippen molar-refractivity contribution in [2.75, 3.05) is 0 Å². The summed E-state index contributed by atoms with van der Waals surface area (Å²) in [6.07, 6.45) is 4.90. The number of aryl methyl sites for hydroxylation is 1. The average Bonchev–Trinajstić information content (AvgIpc) is 2.59. The molecule has 0 amide bonds. The van der Waals surface area contributed by atoms with Crippen LogP contribution in [-0.4, -0.2) is 0 Å². The fourth-order valence-corrected chi connectivity index (χ4v) is 3.94. The standard InChI is InChI=1S/C22H22/c1-3-15(2)17-9-6-10-19-20(17)13-14-21-18-8-5-4-7-16(18)11-12-22(19)21/h4-5,7-8,11-14H,3,6,9-10H2,1-2H3. The molecule has 0 saturated heterocycles. The van der Waals surface area contributed by atoms with E-state index < -0.39 is 0 Å². The molecule has 0 spiro atoms. The van der Waals surface area contributed by atoms with Gasteiger partial charge in [0.15, 0.2) is 0 Å². The summed E-state index contributed by atoms with van der Waals surface area (Å²) >= 11 is 0. The second-order valence-corrected chi connectivity index (χ2v) is 6.44. The molecule has 3 aromatic carbocycles. The zero-order valence-corrected chi connectivity index (χ0v) is 13.4. The Morgan fingerprint density at radius 2 is 1.68 bits per heavy atom. The van der Waals surface area contributed by atoms with E-state index in [1.807, 2.05) is 0 Å². The Hall–Kier alpha value is -2.08. The largest absolute Gasteiger partial charge is 0.0698 e. The number of allylic oxidation sites excluding steroid dienone is 2. The van der Waals surface area contributed by atoms with Crippen LogP contribution in [-0.2, 0) is 6.42 Å². The summed E-state index contributed by atoms with van der Waals surface area (Å²) in [4.78, 5) is 0. The van der Waals surface area contributed by atoms with Crippen LogP contribution in [0.5, 0.6) is 0 Å². The highest BCUT2D eigenvalue weighted by molar-refractivity contribution is 6.09. The molecule has 0 nitrogen and oxygen atoms in total. The van der Waals surface area contributed by atoms with Crippen LogP contribution in [0.15, 0.2) is 54.1 Å². The van der Waals surface area contributed by atoms with Gasteiger partial charge in [-0.3, -0.25) is 0 Å². The fourth-order valence-electron chi connectivity index (χ4n) is 3.94. The molecule has 3 aromatic rings. The lowest BCUT2D eigenvalue weighted by Gasteiger charge is -2.23. The monoisotopic (exact) mass is 286 g/mol. The summed E-state index contributed by atoms with van der Waals surface area (Å²) in [5.74, 6) is 0. The second kappa shape index (κ2) is 5.28. The van der Waals surface area contributed by atoms with Crippen LogP contribution in [0.1, 0.15) is 44.2 Å². The maximum atomic E-state index is 2.37. The summed E-state index contributed by atoms with van der Waals surface area (Å²) in [7, 11) is 0. The van der Waals surface area contributed by atoms with Crippen molar-refractivity contribution in [2.45, 2.75) is 39.5 Å². The zero-order valence-electron chi connectivity index (χ0n) is 13.4. The van der Waals surface area contributed by atoms with Crippen LogP contribution in [0, 0.1) is 0 Å². The normalized spacial score (nSPS) is 16.8. The minimum Gasteiger partial charge on any atom is -0.0698 e. The van der Waals surface area contributed by atoms with E-state index in [1.165, 1.54) is 46.4 Å². The maximum Gasteiger partial charge on any atom is -0.0102 e. The lowest BCUT2D eigenvalue weighted by atomic mass is 9.81. The van der Waals surface area contributed by atoms with Gasteiger partial charge in [-0.05, 0) is 70.9 Å². The average molecular weight is 286 g/mol. The zero-order chi connectivity index (χ0) is 15.1. The van der Waals surface area contributed by atoms with Gasteiger partial charge in [-0.1, -0.05) is 61.0 Å². The number of hydrogen-bond acceptors (Lipinski definition) is 0. The number of benzene rings is 3. The van der Waals surface area contributed by atoms with Crippen LogP contribution < -0.4 is 0 Å². The molecule has 0 aromatic heterocycles. The Balaban J connectivity index is 2.07. The third-order valence-electron chi connectivity index (χ3n) is 5.26. The van der Waals surface area contributed by atoms with Crippen molar-refractivity contribution in [3.05, 3.63) is 65.2 Å². The molecule has 0 saturated carbocycles. The summed E-state index contributed by atoms with van der Waals surface area (Å²) in [5.41, 5.74) is 6.23. The van der Waals surface area contributed by atoms with Crippen LogP contribution in [0.2, 0.25) is 0 Å². The van der Waals surface area contributed by atoms with Gasteiger partial charge in [0.25, 0.3) is 0 Å². The van der Waals surface area contributed by atoms with Gasteiger partial charge < -0.3 is 0 Å². The second-order valence-electron chi connectivity index (χ2n) is 6.44. The molecule has 110 valence electrons. The van der Waals surface area contributed by atoms with Crippen molar-refractivity contribution in [1.82, 2.24) is 0 Å². The lowest BCUT2D eigenvalue weighted by Crippen LogP contribution is -2.04. The Kier molecular flexibility index (Phi) is 3.26. The van der Waals surface area contributed by atoms with Crippen LogP contribution in [0.3, 0.4) is 0 Å². The van der Waals surface area contributed by atoms with Crippen molar-refractivity contribution in [3.63, 3.8) is 0 Å². The smallest absolute Gasteiger partial charge is 0.0102 e. The van der Waals surface area contributed by atoms with Crippen LogP contribution in [0.4, 0.5) is 0 Å². The Labute approximate surface area is 132 Å². The van der Waals surface area contributed by atoms with E-state index in [0.717, 1.165) is 6.42 Å². The van der Waals surface area contributed by atoms with Gasteiger partial charge in [0.1, 0.15) is 0 Å². The van der Waals surface area contributed by atoms with E-state index in [1.54, 1.807) is 16.7 Å². The molecule has 0 heteroatoms. The van der Waals surface area contributed by atoms with E-state index in [2.05, 4.69) is 62.4 Å². The first kappa shape index (κ1) is 13.6. The fraction of sp³-hybridized carbons (Fsp3) is 0.273. The Morgan fingerprint density at radius 3 is 2.55 bits per heavy atom. The van der Waals surface area contributed by atoms with Crippen molar-refractivity contribution in [1.29, 1.82) is 0 Å². The topological polar surface area (TPSA) is 0 Å². The molecule has 0 N–H and O–H groups in total. The molecular formula is C22H22. The lowest BCUT2D eigenvalue weighted by molar-refractivity contribution is 0.820. The van der Waals surface area contributed by atoms with Crippen LogP contribution >= 0.6 is 0 Å². The van der Waals surface area contributed by atoms with E-state index in [-0.39, 0.29) is 0 Å². The van der Waals surface area contributed by atoms with Gasteiger partial charge >= 0.3 is 0 Å². The summed E-state index contributed by atoms with van der Waals surface area (Å²) in [6, 6.07) is 18.1. The van der Waals surface area contributed by atoms with Crippen molar-refractivity contribution in [3.8, 4) is 0 Å². The highest BCUT2D eigenvalue weighted by Gasteiger charge is 2.18. The minimum absolute atomic E-state index is 1.16. The first-order valence-corrected chi connectivity index (χ1v) is 8.42. The summed E-state index contributed by atoms with van der Waals surface area (Å²) in [6.45, 7) is 4.57. The van der Waals surface area contributed by atoms with Crippen molar-refractivity contribution in [2.24, 2.45) is 0 Å². The third kappa shape index (κ3) is 1.98. The predicted octanol–water partition coefficient (Wildman–Crippen LogP) is 6.51. The van der Waals surface area contributed by atoms with Gasteiger partial charge in [0, 0.05) is 0 Å². The molecule has 0 heterocycles. The molecule has 0 radical (unpaired) electrons. The number of hydrogen-bond donors (Lipinski definition) is 0. The van der Waals surface area contributed by atoms with E-state index in [4.69, 9.17) is 0 Å². The van der Waals surface area contributed by atoms with Crippen LogP contribution in [0.25, 0.3) is 27.1 Å². The van der Waals surface area contributed by atoms with E-state index >= 15 is 0 Å². The van der Waals surface area contributed by atoms with Crippen molar-refractivity contribution < 1.29 is 0 Å². The van der Waals surface area contributed by atoms with Gasteiger partial charge in [0.05, 0.1) is 0 Å². The molecular weight excluding hydrogens is 264 g/mol. The summed E-state index contributed by atoms with van der Waals surface area (Å²) < 4.78 is 0. The molecule has 1 aliphatic carbocycles. The Bertz CT molecular complexity index is 896. The van der Waals surface area contributed by atoms with Gasteiger partial charge in [-0.15, -0.1) is 0 Å². The quantitative estimate of drug-likeness (QED) is 0.447. The van der Waals surface area contributed by atoms with E-state index in [9.17, 15) is 0 Å². The molecule has 4 rings (SSSR count). The molecule has 0 fully saturated rings. The maximum absolute atomic E-state index is 2.37.